The Hall–Kier alpha value is -0.980. The molecule has 0 fully saturated rings. The minimum Gasteiger partial charge on any atom is -0.396 e. The van der Waals surface area contributed by atoms with Crippen LogP contribution in [-0.4, -0.2) is 37.0 Å². The Bertz CT molecular complexity index is 488. The molecule has 102 valence electrons. The van der Waals surface area contributed by atoms with Crippen LogP contribution < -0.4 is 0 Å². The number of aliphatic hydroxyl groups is 1. The SMILES string of the molecule is CC(C)N(CCCO)S(=O)(=O)c1ccccc1F. The summed E-state index contributed by atoms with van der Waals surface area (Å²) in [4.78, 5) is -0.323. The van der Waals surface area contributed by atoms with Crippen molar-refractivity contribution in [1.29, 1.82) is 0 Å². The zero-order valence-electron chi connectivity index (χ0n) is 10.5. The third-order valence-corrected chi connectivity index (χ3v) is 4.64. The largest absolute Gasteiger partial charge is 0.396 e. The number of nitrogens with zero attached hydrogens (tertiary/aromatic N) is 1. The maximum Gasteiger partial charge on any atom is 0.246 e. The minimum absolute atomic E-state index is 0.101. The fourth-order valence-electron chi connectivity index (χ4n) is 1.66. The average molecular weight is 275 g/mol. The quantitative estimate of drug-likeness (QED) is 0.858. The van der Waals surface area contributed by atoms with Crippen LogP contribution in [0, 0.1) is 5.82 Å². The van der Waals surface area contributed by atoms with Gasteiger partial charge in [0.25, 0.3) is 0 Å². The van der Waals surface area contributed by atoms with Crippen molar-refractivity contribution in [3.8, 4) is 0 Å². The van der Waals surface area contributed by atoms with E-state index in [1.54, 1.807) is 13.8 Å². The lowest BCUT2D eigenvalue weighted by molar-refractivity contribution is 0.258. The van der Waals surface area contributed by atoms with E-state index in [4.69, 9.17) is 5.11 Å². The van der Waals surface area contributed by atoms with Gasteiger partial charge in [-0.15, -0.1) is 0 Å². The topological polar surface area (TPSA) is 57.6 Å². The van der Waals surface area contributed by atoms with Gasteiger partial charge in [0.15, 0.2) is 0 Å². The first-order valence-corrected chi connectivity index (χ1v) is 7.22. The molecular weight excluding hydrogens is 257 g/mol. The van der Waals surface area contributed by atoms with Crippen molar-refractivity contribution in [2.75, 3.05) is 13.2 Å². The smallest absolute Gasteiger partial charge is 0.246 e. The van der Waals surface area contributed by atoms with Crippen molar-refractivity contribution < 1.29 is 17.9 Å². The van der Waals surface area contributed by atoms with Gasteiger partial charge in [-0.05, 0) is 32.4 Å². The monoisotopic (exact) mass is 275 g/mol. The number of hydrogen-bond donors (Lipinski definition) is 1. The van der Waals surface area contributed by atoms with E-state index in [-0.39, 0.29) is 24.1 Å². The lowest BCUT2D eigenvalue weighted by Crippen LogP contribution is -2.38. The van der Waals surface area contributed by atoms with E-state index in [1.807, 2.05) is 0 Å². The Balaban J connectivity index is 3.14. The molecule has 1 N–H and O–H groups in total. The number of hydrogen-bond acceptors (Lipinski definition) is 3. The molecule has 1 rings (SSSR count). The van der Waals surface area contributed by atoms with Gasteiger partial charge in [-0.2, -0.15) is 4.31 Å². The summed E-state index contributed by atoms with van der Waals surface area (Å²) in [5.74, 6) is -0.757. The molecule has 0 atom stereocenters. The summed E-state index contributed by atoms with van der Waals surface area (Å²) in [7, 11) is -3.86. The first-order chi connectivity index (χ1) is 8.41. The molecule has 0 unspecified atom stereocenters. The Kier molecular flexibility index (Phi) is 5.25. The van der Waals surface area contributed by atoms with Crippen LogP contribution in [0.4, 0.5) is 4.39 Å². The highest BCUT2D eigenvalue weighted by atomic mass is 32.2. The lowest BCUT2D eigenvalue weighted by atomic mass is 10.3. The van der Waals surface area contributed by atoms with Gasteiger partial charge < -0.3 is 5.11 Å². The number of halogens is 1. The van der Waals surface area contributed by atoms with Crippen LogP contribution in [0.15, 0.2) is 29.2 Å². The van der Waals surface area contributed by atoms with Crippen molar-refractivity contribution in [2.45, 2.75) is 31.2 Å². The van der Waals surface area contributed by atoms with Gasteiger partial charge in [0.2, 0.25) is 10.0 Å². The highest BCUT2D eigenvalue weighted by Gasteiger charge is 2.28. The van der Waals surface area contributed by atoms with Crippen LogP contribution in [0.3, 0.4) is 0 Å². The van der Waals surface area contributed by atoms with E-state index in [2.05, 4.69) is 0 Å². The summed E-state index contributed by atoms with van der Waals surface area (Å²) in [5, 5.41) is 8.79. The maximum atomic E-state index is 13.6. The van der Waals surface area contributed by atoms with Crippen molar-refractivity contribution in [3.05, 3.63) is 30.1 Å². The summed E-state index contributed by atoms with van der Waals surface area (Å²) in [6.07, 6.45) is 0.325. The number of sulfonamides is 1. The van der Waals surface area contributed by atoms with Crippen molar-refractivity contribution in [1.82, 2.24) is 4.31 Å². The van der Waals surface area contributed by atoms with Gasteiger partial charge in [-0.3, -0.25) is 0 Å². The highest BCUT2D eigenvalue weighted by molar-refractivity contribution is 7.89. The number of benzene rings is 1. The molecular formula is C12H18FNO3S. The number of aliphatic hydroxyl groups excluding tert-OH is 1. The molecule has 0 bridgehead atoms. The van der Waals surface area contributed by atoms with Gasteiger partial charge in [0, 0.05) is 19.2 Å². The summed E-state index contributed by atoms with van der Waals surface area (Å²) in [6.45, 7) is 3.51. The van der Waals surface area contributed by atoms with E-state index in [9.17, 15) is 12.8 Å². The van der Waals surface area contributed by atoms with Gasteiger partial charge in [-0.25, -0.2) is 12.8 Å². The zero-order chi connectivity index (χ0) is 13.8. The van der Waals surface area contributed by atoms with Crippen LogP contribution in [0.5, 0.6) is 0 Å². The highest BCUT2D eigenvalue weighted by Crippen LogP contribution is 2.21. The number of rotatable bonds is 6. The molecule has 18 heavy (non-hydrogen) atoms. The molecule has 0 aliphatic rings. The van der Waals surface area contributed by atoms with Gasteiger partial charge in [0.05, 0.1) is 0 Å². The first-order valence-electron chi connectivity index (χ1n) is 5.78. The fraction of sp³-hybridized carbons (Fsp3) is 0.500. The molecule has 0 saturated heterocycles. The molecule has 0 spiro atoms. The lowest BCUT2D eigenvalue weighted by Gasteiger charge is -2.25. The van der Waals surface area contributed by atoms with Crippen LogP contribution >= 0.6 is 0 Å². The normalized spacial score (nSPS) is 12.3. The Morgan fingerprint density at radius 2 is 1.94 bits per heavy atom. The second-order valence-corrected chi connectivity index (χ2v) is 6.08. The van der Waals surface area contributed by atoms with Crippen LogP contribution in [0.1, 0.15) is 20.3 Å². The molecule has 1 aromatic rings. The molecule has 1 aromatic carbocycles. The van der Waals surface area contributed by atoms with E-state index in [0.29, 0.717) is 6.42 Å². The Morgan fingerprint density at radius 3 is 2.44 bits per heavy atom. The van der Waals surface area contributed by atoms with Gasteiger partial charge >= 0.3 is 0 Å². The van der Waals surface area contributed by atoms with Crippen LogP contribution in [-0.2, 0) is 10.0 Å². The molecule has 0 radical (unpaired) electrons. The van der Waals surface area contributed by atoms with Gasteiger partial charge in [0.1, 0.15) is 10.7 Å². The van der Waals surface area contributed by atoms with Crippen molar-refractivity contribution in [3.63, 3.8) is 0 Å². The molecule has 0 saturated carbocycles. The average Bonchev–Trinajstić information content (AvgIpc) is 2.29. The molecule has 0 aliphatic carbocycles. The van der Waals surface area contributed by atoms with Gasteiger partial charge in [-0.1, -0.05) is 12.1 Å². The summed E-state index contributed by atoms with van der Waals surface area (Å²) in [6, 6.07) is 5.01. The second-order valence-electron chi connectivity index (χ2n) is 4.22. The maximum absolute atomic E-state index is 13.6. The second kappa shape index (κ2) is 6.26. The van der Waals surface area contributed by atoms with Crippen LogP contribution in [0.2, 0.25) is 0 Å². The third kappa shape index (κ3) is 3.28. The summed E-state index contributed by atoms with van der Waals surface area (Å²) >= 11 is 0. The first kappa shape index (κ1) is 15.1. The van der Waals surface area contributed by atoms with E-state index in [1.165, 1.54) is 22.5 Å². The summed E-state index contributed by atoms with van der Waals surface area (Å²) < 4.78 is 39.4. The minimum atomic E-state index is -3.86. The van der Waals surface area contributed by atoms with Crippen molar-refractivity contribution in [2.24, 2.45) is 0 Å². The molecule has 6 heteroatoms. The van der Waals surface area contributed by atoms with E-state index in [0.717, 1.165) is 6.07 Å². The van der Waals surface area contributed by atoms with E-state index >= 15 is 0 Å². The standard InChI is InChI=1S/C12H18FNO3S/c1-10(2)14(8-5-9-15)18(16,17)12-7-4-3-6-11(12)13/h3-4,6-7,10,15H,5,8-9H2,1-2H3. The zero-order valence-corrected chi connectivity index (χ0v) is 11.3. The predicted molar refractivity (Wildman–Crippen MR) is 67.1 cm³/mol. The van der Waals surface area contributed by atoms with Crippen molar-refractivity contribution >= 4 is 10.0 Å². The molecule has 0 heterocycles. The fourth-order valence-corrected chi connectivity index (χ4v) is 3.40. The molecule has 0 amide bonds. The van der Waals surface area contributed by atoms with E-state index < -0.39 is 15.8 Å². The molecule has 0 aromatic heterocycles. The third-order valence-electron chi connectivity index (χ3n) is 2.54. The Labute approximate surface area is 107 Å². The predicted octanol–water partition coefficient (Wildman–Crippen LogP) is 1.61. The summed E-state index contributed by atoms with van der Waals surface area (Å²) in [5.41, 5.74) is 0. The van der Waals surface area contributed by atoms with Crippen LogP contribution in [0.25, 0.3) is 0 Å². The molecule has 4 nitrogen and oxygen atoms in total. The molecule has 0 aliphatic heterocycles. The Morgan fingerprint density at radius 1 is 1.33 bits per heavy atom.